The van der Waals surface area contributed by atoms with Crippen molar-refractivity contribution < 1.29 is 19.2 Å². The van der Waals surface area contributed by atoms with E-state index in [0.717, 1.165) is 0 Å². The highest BCUT2D eigenvalue weighted by molar-refractivity contribution is 5.96. The zero-order valence-corrected chi connectivity index (χ0v) is 10.5. The Kier molecular flexibility index (Phi) is 3.96. The lowest BCUT2D eigenvalue weighted by Crippen LogP contribution is -2.29. The van der Waals surface area contributed by atoms with Gasteiger partial charge in [-0.25, -0.2) is 0 Å². The summed E-state index contributed by atoms with van der Waals surface area (Å²) in [6.45, 7) is 1.32. The highest BCUT2D eigenvalue weighted by Crippen LogP contribution is 2.20. The molecule has 0 atom stereocenters. The second kappa shape index (κ2) is 5.66. The molecule has 2 rings (SSSR count). The van der Waals surface area contributed by atoms with E-state index in [2.05, 4.69) is 0 Å². The van der Waals surface area contributed by atoms with E-state index in [1.807, 2.05) is 0 Å². The van der Waals surface area contributed by atoms with Crippen molar-refractivity contribution in [3.8, 4) is 0 Å². The van der Waals surface area contributed by atoms with Crippen LogP contribution in [0.1, 0.15) is 6.42 Å². The number of carbonyl (C=O) groups is 1. The lowest BCUT2D eigenvalue weighted by Gasteiger charge is -2.13. The molecule has 0 unspecified atom stereocenters. The molecule has 1 saturated heterocycles. The number of nitro groups is 1. The van der Waals surface area contributed by atoms with Gasteiger partial charge in [0.15, 0.2) is 5.76 Å². The Morgan fingerprint density at radius 2 is 2.32 bits per heavy atom. The fraction of sp³-hybridized carbons (Fsp3) is 0.417. The monoisotopic (exact) mass is 266 g/mol. The van der Waals surface area contributed by atoms with Crippen molar-refractivity contribution >= 4 is 5.91 Å². The fourth-order valence-corrected chi connectivity index (χ4v) is 1.90. The van der Waals surface area contributed by atoms with Gasteiger partial charge in [-0.15, -0.1) is 0 Å². The summed E-state index contributed by atoms with van der Waals surface area (Å²) >= 11 is 0. The zero-order valence-electron chi connectivity index (χ0n) is 10.5. The van der Waals surface area contributed by atoms with Gasteiger partial charge in [-0.1, -0.05) is 6.08 Å². The van der Waals surface area contributed by atoms with Gasteiger partial charge in [-0.05, 0) is 6.08 Å². The molecule has 1 amide bonds. The number of carbonyl (C=O) groups excluding carboxylic acids is 1. The third-order valence-electron chi connectivity index (χ3n) is 2.94. The van der Waals surface area contributed by atoms with Crippen LogP contribution in [0, 0.1) is 10.1 Å². The van der Waals surface area contributed by atoms with Crippen LogP contribution in [-0.2, 0) is 14.3 Å². The average molecular weight is 266 g/mol. The first kappa shape index (κ1) is 13.3. The van der Waals surface area contributed by atoms with Crippen LogP contribution in [0.15, 0.2) is 35.3 Å². The highest BCUT2D eigenvalue weighted by atomic mass is 16.6. The topological polar surface area (TPSA) is 81.9 Å². The van der Waals surface area contributed by atoms with Crippen LogP contribution in [0.3, 0.4) is 0 Å². The maximum atomic E-state index is 12.1. The maximum absolute atomic E-state index is 12.1. The first-order chi connectivity index (χ1) is 9.13. The molecule has 102 valence electrons. The number of amides is 1. The fourth-order valence-electron chi connectivity index (χ4n) is 1.90. The number of ether oxygens (including phenoxy) is 2. The smallest absolute Gasteiger partial charge is 0.306 e. The summed E-state index contributed by atoms with van der Waals surface area (Å²) in [7, 11) is 1.38. The third kappa shape index (κ3) is 2.82. The van der Waals surface area contributed by atoms with E-state index >= 15 is 0 Å². The van der Waals surface area contributed by atoms with E-state index in [4.69, 9.17) is 9.47 Å². The van der Waals surface area contributed by atoms with Crippen LogP contribution in [0.2, 0.25) is 0 Å². The van der Waals surface area contributed by atoms with Crippen LogP contribution in [-0.4, -0.2) is 42.7 Å². The van der Waals surface area contributed by atoms with Crippen molar-refractivity contribution in [2.75, 3.05) is 27.0 Å². The van der Waals surface area contributed by atoms with Gasteiger partial charge in [0.25, 0.3) is 5.91 Å². The summed E-state index contributed by atoms with van der Waals surface area (Å²) in [5, 5.41) is 10.9. The van der Waals surface area contributed by atoms with Crippen LogP contribution < -0.4 is 0 Å². The molecule has 2 aliphatic rings. The minimum Gasteiger partial charge on any atom is -0.494 e. The van der Waals surface area contributed by atoms with Crippen molar-refractivity contribution in [1.29, 1.82) is 0 Å². The summed E-state index contributed by atoms with van der Waals surface area (Å²) in [6.07, 6.45) is 4.60. The van der Waals surface area contributed by atoms with E-state index in [9.17, 15) is 14.9 Å². The molecule has 0 saturated carbocycles. The van der Waals surface area contributed by atoms with Gasteiger partial charge >= 0.3 is 5.70 Å². The molecule has 1 aliphatic heterocycles. The van der Waals surface area contributed by atoms with E-state index in [1.54, 1.807) is 11.0 Å². The molecule has 0 aromatic heterocycles. The highest BCUT2D eigenvalue weighted by Gasteiger charge is 2.24. The molecule has 0 N–H and O–H groups in total. The number of hydrogen-bond donors (Lipinski definition) is 0. The average Bonchev–Trinajstić information content (AvgIpc) is 2.83. The molecule has 7 nitrogen and oxygen atoms in total. The maximum Gasteiger partial charge on any atom is 0.306 e. The molecular formula is C12H14N2O5. The van der Waals surface area contributed by atoms with Crippen LogP contribution >= 0.6 is 0 Å². The molecule has 1 heterocycles. The molecule has 7 heteroatoms. The first-order valence-electron chi connectivity index (χ1n) is 5.80. The Hall–Kier alpha value is -2.15. The second-order valence-electron chi connectivity index (χ2n) is 4.07. The summed E-state index contributed by atoms with van der Waals surface area (Å²) in [6, 6.07) is 0. The molecule has 19 heavy (non-hydrogen) atoms. The SMILES string of the molecule is COC1=C([N+](=O)[O-])C=CC(C(=O)N2CCOC2)=CC1. The van der Waals surface area contributed by atoms with E-state index in [1.165, 1.54) is 19.3 Å². The largest absolute Gasteiger partial charge is 0.494 e. The van der Waals surface area contributed by atoms with E-state index in [0.29, 0.717) is 18.7 Å². The quantitative estimate of drug-likeness (QED) is 0.558. The lowest BCUT2D eigenvalue weighted by atomic mass is 10.2. The second-order valence-corrected chi connectivity index (χ2v) is 4.07. The number of hydrogen-bond acceptors (Lipinski definition) is 5. The van der Waals surface area contributed by atoms with Crippen molar-refractivity contribution in [3.05, 3.63) is 45.4 Å². The van der Waals surface area contributed by atoms with Gasteiger partial charge in [0.2, 0.25) is 0 Å². The number of allylic oxidation sites excluding steroid dienone is 2. The van der Waals surface area contributed by atoms with Gasteiger partial charge in [0.1, 0.15) is 6.73 Å². The minimum absolute atomic E-state index is 0.126. The normalized spacial score (nSPS) is 19.2. The molecule has 0 aromatic rings. The Labute approximate surface area is 109 Å². The zero-order chi connectivity index (χ0) is 13.8. The van der Waals surface area contributed by atoms with Crippen molar-refractivity contribution in [1.82, 2.24) is 4.90 Å². The minimum atomic E-state index is -0.518. The summed E-state index contributed by atoms with van der Waals surface area (Å²) in [5.41, 5.74) is 0.288. The summed E-state index contributed by atoms with van der Waals surface area (Å²) in [4.78, 5) is 24.0. The number of methoxy groups -OCH3 is 1. The molecule has 0 aromatic carbocycles. The summed E-state index contributed by atoms with van der Waals surface area (Å²) in [5.74, 6) is 0.0514. The molecular weight excluding hydrogens is 252 g/mol. The molecule has 0 spiro atoms. The standard InChI is InChI=1S/C12H14N2O5/c1-18-11-5-3-9(2-4-10(11)14(16)17)12(15)13-6-7-19-8-13/h2-4H,5-8H2,1H3. The Balaban J connectivity index is 2.19. The Morgan fingerprint density at radius 1 is 1.53 bits per heavy atom. The van der Waals surface area contributed by atoms with Gasteiger partial charge in [-0.3, -0.25) is 14.9 Å². The molecule has 1 aliphatic carbocycles. The van der Waals surface area contributed by atoms with Gasteiger partial charge in [0, 0.05) is 24.6 Å². The predicted molar refractivity (Wildman–Crippen MR) is 65.4 cm³/mol. The predicted octanol–water partition coefficient (Wildman–Crippen LogP) is 0.824. The van der Waals surface area contributed by atoms with Crippen LogP contribution in [0.5, 0.6) is 0 Å². The van der Waals surface area contributed by atoms with Crippen LogP contribution in [0.25, 0.3) is 0 Å². The summed E-state index contributed by atoms with van der Waals surface area (Å²) < 4.78 is 10.1. The van der Waals surface area contributed by atoms with Crippen molar-refractivity contribution in [3.63, 3.8) is 0 Å². The van der Waals surface area contributed by atoms with Gasteiger partial charge in [-0.2, -0.15) is 0 Å². The van der Waals surface area contributed by atoms with E-state index in [-0.39, 0.29) is 30.5 Å². The van der Waals surface area contributed by atoms with E-state index < -0.39 is 4.92 Å². The van der Waals surface area contributed by atoms with Crippen molar-refractivity contribution in [2.45, 2.75) is 6.42 Å². The Bertz CT molecular complexity index is 486. The number of nitrogens with zero attached hydrogens (tertiary/aromatic N) is 2. The van der Waals surface area contributed by atoms with Gasteiger partial charge < -0.3 is 14.4 Å². The van der Waals surface area contributed by atoms with Gasteiger partial charge in [0.05, 0.1) is 18.6 Å². The third-order valence-corrected chi connectivity index (χ3v) is 2.94. The molecule has 0 bridgehead atoms. The number of rotatable bonds is 3. The first-order valence-corrected chi connectivity index (χ1v) is 5.80. The lowest BCUT2D eigenvalue weighted by molar-refractivity contribution is -0.422. The van der Waals surface area contributed by atoms with Crippen LogP contribution in [0.4, 0.5) is 0 Å². The van der Waals surface area contributed by atoms with Crippen molar-refractivity contribution in [2.24, 2.45) is 0 Å². The molecule has 1 fully saturated rings. The Morgan fingerprint density at radius 3 is 2.89 bits per heavy atom. The molecule has 0 radical (unpaired) electrons.